The van der Waals surface area contributed by atoms with Crippen LogP contribution >= 0.6 is 0 Å². The van der Waals surface area contributed by atoms with Crippen LogP contribution in [0.3, 0.4) is 0 Å². The molecular formula is C10H15FN2. The maximum atomic E-state index is 13.2. The molecule has 1 aromatic rings. The molecule has 0 saturated carbocycles. The number of para-hydroxylation sites is 1. The van der Waals surface area contributed by atoms with Gasteiger partial charge in [-0.05, 0) is 31.5 Å². The van der Waals surface area contributed by atoms with Crippen molar-refractivity contribution in [3.8, 4) is 0 Å². The maximum absolute atomic E-state index is 13.2. The fraction of sp³-hybridized carbons (Fsp3) is 0.400. The molecule has 0 unspecified atom stereocenters. The smallest absolute Gasteiger partial charge is 0.146 e. The summed E-state index contributed by atoms with van der Waals surface area (Å²) in [5.41, 5.74) is 6.86. The first-order valence-corrected chi connectivity index (χ1v) is 4.44. The van der Waals surface area contributed by atoms with E-state index in [0.29, 0.717) is 12.2 Å². The Morgan fingerprint density at radius 2 is 2.23 bits per heavy atom. The van der Waals surface area contributed by atoms with E-state index < -0.39 is 0 Å². The highest BCUT2D eigenvalue weighted by Gasteiger charge is 2.02. The Hall–Kier alpha value is -1.09. The van der Waals surface area contributed by atoms with E-state index in [0.717, 1.165) is 18.5 Å². The first kappa shape index (κ1) is 9.99. The Balaban J connectivity index is 2.64. The molecule has 0 spiro atoms. The van der Waals surface area contributed by atoms with Crippen molar-refractivity contribution in [3.63, 3.8) is 0 Å². The normalized spacial score (nSPS) is 10.1. The summed E-state index contributed by atoms with van der Waals surface area (Å²) in [7, 11) is 0. The van der Waals surface area contributed by atoms with Crippen LogP contribution in [0.1, 0.15) is 12.0 Å². The molecule has 3 N–H and O–H groups in total. The van der Waals surface area contributed by atoms with E-state index >= 15 is 0 Å². The highest BCUT2D eigenvalue weighted by atomic mass is 19.1. The third kappa shape index (κ3) is 2.70. The molecule has 0 aliphatic rings. The van der Waals surface area contributed by atoms with Crippen molar-refractivity contribution in [2.24, 2.45) is 5.73 Å². The number of anilines is 1. The van der Waals surface area contributed by atoms with Crippen LogP contribution in [-0.4, -0.2) is 13.1 Å². The summed E-state index contributed by atoms with van der Waals surface area (Å²) in [5.74, 6) is -0.197. The van der Waals surface area contributed by atoms with Gasteiger partial charge in [-0.15, -0.1) is 0 Å². The van der Waals surface area contributed by atoms with Crippen molar-refractivity contribution in [2.45, 2.75) is 13.3 Å². The first-order chi connectivity index (χ1) is 6.25. The van der Waals surface area contributed by atoms with Crippen LogP contribution in [0.4, 0.5) is 10.1 Å². The number of nitrogens with one attached hydrogen (secondary N) is 1. The summed E-state index contributed by atoms with van der Waals surface area (Å²) in [6.07, 6.45) is 0.855. The molecule has 0 fully saturated rings. The lowest BCUT2D eigenvalue weighted by Crippen LogP contribution is -2.10. The van der Waals surface area contributed by atoms with Crippen LogP contribution in [-0.2, 0) is 0 Å². The number of rotatable bonds is 4. The van der Waals surface area contributed by atoms with Crippen molar-refractivity contribution in [1.29, 1.82) is 0 Å². The Morgan fingerprint density at radius 1 is 1.46 bits per heavy atom. The molecule has 0 amide bonds. The monoisotopic (exact) mass is 182 g/mol. The van der Waals surface area contributed by atoms with Gasteiger partial charge in [0.15, 0.2) is 0 Å². The Kier molecular flexibility index (Phi) is 3.71. The molecule has 0 bridgehead atoms. The van der Waals surface area contributed by atoms with E-state index in [1.54, 1.807) is 6.07 Å². The predicted octanol–water partition coefficient (Wildman–Crippen LogP) is 1.89. The summed E-state index contributed by atoms with van der Waals surface area (Å²) < 4.78 is 13.2. The second-order valence-corrected chi connectivity index (χ2v) is 3.00. The summed E-state index contributed by atoms with van der Waals surface area (Å²) in [4.78, 5) is 0. The van der Waals surface area contributed by atoms with E-state index in [4.69, 9.17) is 5.73 Å². The van der Waals surface area contributed by atoms with Crippen molar-refractivity contribution in [1.82, 2.24) is 0 Å². The minimum atomic E-state index is -0.197. The minimum Gasteiger partial charge on any atom is -0.382 e. The summed E-state index contributed by atoms with van der Waals surface area (Å²) >= 11 is 0. The Bertz CT molecular complexity index is 253. The van der Waals surface area contributed by atoms with E-state index in [9.17, 15) is 4.39 Å². The standard InChI is InChI=1S/C10H15FN2/c1-8-4-2-5-9(11)10(8)13-7-3-6-12/h2,4-5,13H,3,6-7,12H2,1H3. The molecule has 1 aromatic carbocycles. The lowest BCUT2D eigenvalue weighted by atomic mass is 10.2. The average molecular weight is 182 g/mol. The molecule has 0 heterocycles. The molecule has 13 heavy (non-hydrogen) atoms. The van der Waals surface area contributed by atoms with Gasteiger partial charge in [0.05, 0.1) is 5.69 Å². The van der Waals surface area contributed by atoms with Gasteiger partial charge in [-0.2, -0.15) is 0 Å². The average Bonchev–Trinajstić information content (AvgIpc) is 2.10. The summed E-state index contributed by atoms with van der Waals surface area (Å²) in [5, 5.41) is 3.03. The number of aryl methyl sites for hydroxylation is 1. The third-order valence-electron chi connectivity index (χ3n) is 1.90. The zero-order valence-electron chi connectivity index (χ0n) is 7.81. The van der Waals surface area contributed by atoms with E-state index in [2.05, 4.69) is 5.32 Å². The largest absolute Gasteiger partial charge is 0.382 e. The molecule has 0 radical (unpaired) electrons. The summed E-state index contributed by atoms with van der Waals surface area (Å²) in [6.45, 7) is 3.23. The molecule has 1 rings (SSSR count). The van der Waals surface area contributed by atoms with Gasteiger partial charge in [0.2, 0.25) is 0 Å². The van der Waals surface area contributed by atoms with Crippen molar-refractivity contribution < 1.29 is 4.39 Å². The van der Waals surface area contributed by atoms with Crippen LogP contribution in [0, 0.1) is 12.7 Å². The lowest BCUT2D eigenvalue weighted by Gasteiger charge is -2.09. The number of hydrogen-bond donors (Lipinski definition) is 2. The zero-order valence-corrected chi connectivity index (χ0v) is 7.81. The van der Waals surface area contributed by atoms with Crippen molar-refractivity contribution >= 4 is 5.69 Å². The molecule has 3 heteroatoms. The van der Waals surface area contributed by atoms with Gasteiger partial charge in [0.25, 0.3) is 0 Å². The van der Waals surface area contributed by atoms with Gasteiger partial charge in [0, 0.05) is 6.54 Å². The highest BCUT2D eigenvalue weighted by Crippen LogP contribution is 2.18. The second kappa shape index (κ2) is 4.82. The van der Waals surface area contributed by atoms with Crippen molar-refractivity contribution in [3.05, 3.63) is 29.6 Å². The molecular weight excluding hydrogens is 167 g/mol. The maximum Gasteiger partial charge on any atom is 0.146 e. The van der Waals surface area contributed by atoms with Gasteiger partial charge in [-0.25, -0.2) is 4.39 Å². The van der Waals surface area contributed by atoms with Gasteiger partial charge in [-0.3, -0.25) is 0 Å². The number of hydrogen-bond acceptors (Lipinski definition) is 2. The minimum absolute atomic E-state index is 0.197. The van der Waals surface area contributed by atoms with Crippen LogP contribution in [0.2, 0.25) is 0 Å². The van der Waals surface area contributed by atoms with Crippen LogP contribution in [0.15, 0.2) is 18.2 Å². The van der Waals surface area contributed by atoms with Crippen LogP contribution in [0.25, 0.3) is 0 Å². The fourth-order valence-corrected chi connectivity index (χ4v) is 1.17. The zero-order chi connectivity index (χ0) is 9.68. The van der Waals surface area contributed by atoms with E-state index in [1.807, 2.05) is 13.0 Å². The molecule has 0 aromatic heterocycles. The predicted molar refractivity (Wildman–Crippen MR) is 53.3 cm³/mol. The van der Waals surface area contributed by atoms with Crippen molar-refractivity contribution in [2.75, 3.05) is 18.4 Å². The fourth-order valence-electron chi connectivity index (χ4n) is 1.17. The van der Waals surface area contributed by atoms with Gasteiger partial charge in [-0.1, -0.05) is 12.1 Å². The van der Waals surface area contributed by atoms with Crippen LogP contribution < -0.4 is 11.1 Å². The van der Waals surface area contributed by atoms with E-state index in [-0.39, 0.29) is 5.82 Å². The first-order valence-electron chi connectivity index (χ1n) is 4.44. The number of benzene rings is 1. The third-order valence-corrected chi connectivity index (χ3v) is 1.90. The van der Waals surface area contributed by atoms with Crippen LogP contribution in [0.5, 0.6) is 0 Å². The molecule has 0 aliphatic heterocycles. The highest BCUT2D eigenvalue weighted by molar-refractivity contribution is 5.51. The van der Waals surface area contributed by atoms with Gasteiger partial charge < -0.3 is 11.1 Å². The Labute approximate surface area is 77.9 Å². The molecule has 72 valence electrons. The number of nitrogens with two attached hydrogens (primary N) is 1. The van der Waals surface area contributed by atoms with E-state index in [1.165, 1.54) is 6.07 Å². The topological polar surface area (TPSA) is 38.0 Å². The molecule has 0 atom stereocenters. The Morgan fingerprint density at radius 3 is 2.85 bits per heavy atom. The van der Waals surface area contributed by atoms with Gasteiger partial charge in [0.1, 0.15) is 5.82 Å². The number of halogens is 1. The molecule has 0 aliphatic carbocycles. The molecule has 0 saturated heterocycles. The lowest BCUT2D eigenvalue weighted by molar-refractivity contribution is 0.628. The SMILES string of the molecule is Cc1cccc(F)c1NCCCN. The summed E-state index contributed by atoms with van der Waals surface area (Å²) in [6, 6.07) is 5.05. The second-order valence-electron chi connectivity index (χ2n) is 3.00. The quantitative estimate of drug-likeness (QED) is 0.698. The van der Waals surface area contributed by atoms with Gasteiger partial charge >= 0.3 is 0 Å². The molecule has 2 nitrogen and oxygen atoms in total.